The molecule has 2 N–H and O–H groups in total. The Labute approximate surface area is 136 Å². The predicted octanol–water partition coefficient (Wildman–Crippen LogP) is 2.23. The van der Waals surface area contributed by atoms with Crippen molar-refractivity contribution in [2.75, 3.05) is 6.61 Å². The first-order valence-electron chi connectivity index (χ1n) is 7.58. The van der Waals surface area contributed by atoms with E-state index in [1.54, 1.807) is 31.2 Å². The monoisotopic (exact) mass is 323 g/mol. The maximum Gasteiger partial charge on any atom is 0.326 e. The molecule has 1 aromatic carbocycles. The minimum atomic E-state index is -1.09. The first-order valence-corrected chi connectivity index (χ1v) is 7.58. The third-order valence-corrected chi connectivity index (χ3v) is 2.98. The van der Waals surface area contributed by atoms with Crippen molar-refractivity contribution in [3.63, 3.8) is 0 Å². The molecule has 0 radical (unpaired) electrons. The van der Waals surface area contributed by atoms with Crippen LogP contribution >= 0.6 is 0 Å². The van der Waals surface area contributed by atoms with E-state index in [0.717, 1.165) is 0 Å². The molecule has 6 nitrogen and oxygen atoms in total. The topological polar surface area (TPSA) is 84.9 Å². The van der Waals surface area contributed by atoms with Crippen LogP contribution in [-0.2, 0) is 14.3 Å². The number of benzene rings is 1. The normalized spacial score (nSPS) is 13.9. The van der Waals surface area contributed by atoms with Gasteiger partial charge in [0, 0.05) is 13.0 Å². The molecule has 0 spiro atoms. The van der Waals surface area contributed by atoms with E-state index in [2.05, 4.69) is 5.32 Å². The number of para-hydroxylation sites is 1. The molecule has 2 unspecified atom stereocenters. The molecule has 1 rings (SSSR count). The van der Waals surface area contributed by atoms with Crippen LogP contribution in [0.1, 0.15) is 34.1 Å². The summed E-state index contributed by atoms with van der Waals surface area (Å²) in [6.07, 6.45) is -0.598. The second-order valence-corrected chi connectivity index (χ2v) is 6.22. The van der Waals surface area contributed by atoms with Gasteiger partial charge in [0.25, 0.3) is 5.91 Å². The molecule has 0 heterocycles. The van der Waals surface area contributed by atoms with Crippen LogP contribution in [-0.4, -0.2) is 41.3 Å². The lowest BCUT2D eigenvalue weighted by molar-refractivity contribution is -0.143. The molecule has 128 valence electrons. The zero-order valence-corrected chi connectivity index (χ0v) is 14.0. The minimum Gasteiger partial charge on any atom is -0.481 e. The van der Waals surface area contributed by atoms with E-state index in [9.17, 15) is 14.7 Å². The molecule has 1 aromatic rings. The molecule has 1 amide bonds. The average Bonchev–Trinajstić information content (AvgIpc) is 2.45. The number of aliphatic carboxylic acids is 1. The Kier molecular flexibility index (Phi) is 7.03. The quantitative estimate of drug-likeness (QED) is 0.766. The Morgan fingerprint density at radius 3 is 2.35 bits per heavy atom. The van der Waals surface area contributed by atoms with Gasteiger partial charge < -0.3 is 19.9 Å². The fourth-order valence-corrected chi connectivity index (χ4v) is 1.79. The van der Waals surface area contributed by atoms with Crippen molar-refractivity contribution < 1.29 is 24.2 Å². The van der Waals surface area contributed by atoms with Gasteiger partial charge in [-0.1, -0.05) is 18.2 Å². The Bertz CT molecular complexity index is 509. The number of hydrogen-bond donors (Lipinski definition) is 2. The summed E-state index contributed by atoms with van der Waals surface area (Å²) < 4.78 is 11.0. The van der Waals surface area contributed by atoms with Crippen molar-refractivity contribution in [3.05, 3.63) is 30.3 Å². The largest absolute Gasteiger partial charge is 0.481 e. The van der Waals surface area contributed by atoms with E-state index in [0.29, 0.717) is 5.75 Å². The number of carboxylic acids is 1. The molecule has 6 heteroatoms. The van der Waals surface area contributed by atoms with Gasteiger partial charge >= 0.3 is 5.97 Å². The highest BCUT2D eigenvalue weighted by molar-refractivity contribution is 5.86. The molecule has 0 bridgehead atoms. The molecule has 0 aliphatic rings. The molecule has 0 fully saturated rings. The fourth-order valence-electron chi connectivity index (χ4n) is 1.79. The molecule has 0 aromatic heterocycles. The summed E-state index contributed by atoms with van der Waals surface area (Å²) in [7, 11) is 0. The summed E-state index contributed by atoms with van der Waals surface area (Å²) in [6, 6.07) is 7.89. The highest BCUT2D eigenvalue weighted by atomic mass is 16.5. The SMILES string of the molecule is CC(Oc1ccccc1)C(=O)NC(CCOC(C)(C)C)C(=O)O. The summed E-state index contributed by atoms with van der Waals surface area (Å²) in [5.74, 6) is -1.02. The van der Waals surface area contributed by atoms with Gasteiger partial charge in [0.1, 0.15) is 11.8 Å². The van der Waals surface area contributed by atoms with Gasteiger partial charge in [-0.2, -0.15) is 0 Å². The van der Waals surface area contributed by atoms with E-state index < -0.39 is 24.0 Å². The number of carbonyl (C=O) groups excluding carboxylic acids is 1. The van der Waals surface area contributed by atoms with E-state index in [1.165, 1.54) is 0 Å². The number of ether oxygens (including phenoxy) is 2. The number of rotatable bonds is 8. The van der Waals surface area contributed by atoms with Crippen molar-refractivity contribution in [1.82, 2.24) is 5.32 Å². The van der Waals surface area contributed by atoms with Gasteiger partial charge in [-0.3, -0.25) is 4.79 Å². The van der Waals surface area contributed by atoms with Crippen LogP contribution in [0.2, 0.25) is 0 Å². The molecule has 0 aliphatic carbocycles. The van der Waals surface area contributed by atoms with E-state index >= 15 is 0 Å². The predicted molar refractivity (Wildman–Crippen MR) is 86.4 cm³/mol. The number of carboxylic acid groups (broad SMARTS) is 1. The lowest BCUT2D eigenvalue weighted by Gasteiger charge is -2.22. The van der Waals surface area contributed by atoms with Crippen LogP contribution in [0.15, 0.2) is 30.3 Å². The number of nitrogens with one attached hydrogen (secondary N) is 1. The summed E-state index contributed by atoms with van der Waals surface area (Å²) >= 11 is 0. The van der Waals surface area contributed by atoms with Crippen LogP contribution in [0.5, 0.6) is 5.75 Å². The fraction of sp³-hybridized carbons (Fsp3) is 0.529. The Morgan fingerprint density at radius 1 is 1.22 bits per heavy atom. The van der Waals surface area contributed by atoms with Crippen molar-refractivity contribution in [2.45, 2.75) is 51.9 Å². The first kappa shape index (κ1) is 19.0. The van der Waals surface area contributed by atoms with Crippen LogP contribution in [0, 0.1) is 0 Å². The first-order chi connectivity index (χ1) is 10.7. The van der Waals surface area contributed by atoms with Gasteiger partial charge in [0.15, 0.2) is 6.10 Å². The second-order valence-electron chi connectivity index (χ2n) is 6.22. The summed E-state index contributed by atoms with van der Waals surface area (Å²) in [6.45, 7) is 7.48. The molecule has 23 heavy (non-hydrogen) atoms. The van der Waals surface area contributed by atoms with Crippen LogP contribution in [0.3, 0.4) is 0 Å². The lowest BCUT2D eigenvalue weighted by atomic mass is 10.1. The summed E-state index contributed by atoms with van der Waals surface area (Å²) in [5.41, 5.74) is -0.350. The highest BCUT2D eigenvalue weighted by Gasteiger charge is 2.24. The van der Waals surface area contributed by atoms with E-state index in [4.69, 9.17) is 9.47 Å². The molecule has 2 atom stereocenters. The van der Waals surface area contributed by atoms with Crippen LogP contribution in [0.25, 0.3) is 0 Å². The number of amides is 1. The maximum absolute atomic E-state index is 12.1. The summed E-state index contributed by atoms with van der Waals surface area (Å²) in [4.78, 5) is 23.3. The second kappa shape index (κ2) is 8.53. The van der Waals surface area contributed by atoms with Gasteiger partial charge in [0.05, 0.1) is 5.60 Å². The van der Waals surface area contributed by atoms with Gasteiger partial charge in [-0.15, -0.1) is 0 Å². The Hall–Kier alpha value is -2.08. The minimum absolute atomic E-state index is 0.191. The highest BCUT2D eigenvalue weighted by Crippen LogP contribution is 2.11. The van der Waals surface area contributed by atoms with Crippen LogP contribution in [0.4, 0.5) is 0 Å². The van der Waals surface area contributed by atoms with Gasteiger partial charge in [-0.25, -0.2) is 4.79 Å². The molecule has 0 aliphatic heterocycles. The maximum atomic E-state index is 12.1. The van der Waals surface area contributed by atoms with Crippen molar-refractivity contribution >= 4 is 11.9 Å². The van der Waals surface area contributed by atoms with Crippen molar-refractivity contribution in [3.8, 4) is 5.75 Å². The van der Waals surface area contributed by atoms with Crippen molar-refractivity contribution in [1.29, 1.82) is 0 Å². The number of hydrogen-bond acceptors (Lipinski definition) is 4. The lowest BCUT2D eigenvalue weighted by Crippen LogP contribution is -2.47. The standard InChI is InChI=1S/C17H25NO5/c1-12(23-13-8-6-5-7-9-13)15(19)18-14(16(20)21)10-11-22-17(2,3)4/h5-9,12,14H,10-11H2,1-4H3,(H,18,19)(H,20,21). The molecular weight excluding hydrogens is 298 g/mol. The summed E-state index contributed by atoms with van der Waals surface area (Å²) in [5, 5.41) is 11.7. The Balaban J connectivity index is 2.51. The van der Waals surface area contributed by atoms with E-state index in [-0.39, 0.29) is 18.6 Å². The third kappa shape index (κ3) is 7.65. The zero-order valence-electron chi connectivity index (χ0n) is 14.0. The third-order valence-electron chi connectivity index (χ3n) is 2.98. The number of carbonyl (C=O) groups is 2. The molecule has 0 saturated carbocycles. The van der Waals surface area contributed by atoms with Gasteiger partial charge in [0.2, 0.25) is 0 Å². The molecule has 0 saturated heterocycles. The van der Waals surface area contributed by atoms with Crippen LogP contribution < -0.4 is 10.1 Å². The van der Waals surface area contributed by atoms with Crippen molar-refractivity contribution in [2.24, 2.45) is 0 Å². The van der Waals surface area contributed by atoms with E-state index in [1.807, 2.05) is 26.8 Å². The molecular formula is C17H25NO5. The van der Waals surface area contributed by atoms with Gasteiger partial charge in [-0.05, 0) is 39.8 Å². The Morgan fingerprint density at radius 2 is 1.83 bits per heavy atom. The smallest absolute Gasteiger partial charge is 0.326 e. The average molecular weight is 323 g/mol. The zero-order chi connectivity index (χ0) is 17.5.